The number of halogens is 1. The number of nitrogens with zero attached hydrogens (tertiary/aromatic N) is 1. The molecule has 0 atom stereocenters. The summed E-state index contributed by atoms with van der Waals surface area (Å²) in [5.41, 5.74) is 1.20. The molecule has 0 aliphatic rings. The van der Waals surface area contributed by atoms with E-state index >= 15 is 0 Å². The van der Waals surface area contributed by atoms with Crippen LogP contribution >= 0.6 is 0 Å². The first-order chi connectivity index (χ1) is 7.27. The zero-order valence-electron chi connectivity index (χ0n) is 8.74. The summed E-state index contributed by atoms with van der Waals surface area (Å²) in [7, 11) is 0. The van der Waals surface area contributed by atoms with Crippen LogP contribution < -0.4 is 5.84 Å². The molecule has 4 heteroatoms. The summed E-state index contributed by atoms with van der Waals surface area (Å²) in [5.74, 6) is 4.68. The summed E-state index contributed by atoms with van der Waals surface area (Å²) in [6, 6.07) is 4.83. The maximum Gasteiger partial charge on any atom is 0.129 e. The van der Waals surface area contributed by atoms with Crippen molar-refractivity contribution in [2.75, 3.05) is 6.61 Å². The van der Waals surface area contributed by atoms with E-state index < -0.39 is 0 Å². The van der Waals surface area contributed by atoms with E-state index in [9.17, 15) is 4.39 Å². The monoisotopic (exact) mass is 210 g/mol. The number of benzene rings is 1. The van der Waals surface area contributed by atoms with Crippen LogP contribution in [0.5, 0.6) is 0 Å². The fraction of sp³-hybridized carbons (Fsp3) is 0.364. The average Bonchev–Trinajstić information content (AvgIpc) is 2.22. The zero-order chi connectivity index (χ0) is 11.1. The van der Waals surface area contributed by atoms with Gasteiger partial charge in [0.25, 0.3) is 0 Å². The quantitative estimate of drug-likeness (QED) is 0.350. The molecule has 0 heterocycles. The van der Waals surface area contributed by atoms with Crippen LogP contribution in [0.1, 0.15) is 24.5 Å². The summed E-state index contributed by atoms with van der Waals surface area (Å²) in [6.45, 7) is 2.96. The molecule has 0 amide bonds. The predicted octanol–water partition coefficient (Wildman–Crippen LogP) is 2.04. The van der Waals surface area contributed by atoms with E-state index in [1.807, 2.05) is 6.92 Å². The summed E-state index contributed by atoms with van der Waals surface area (Å²) in [5, 5.41) is 3.33. The van der Waals surface area contributed by atoms with E-state index in [-0.39, 0.29) is 5.82 Å². The van der Waals surface area contributed by atoms with Crippen molar-refractivity contribution in [2.45, 2.75) is 20.0 Å². The minimum atomic E-state index is -0.288. The van der Waals surface area contributed by atoms with Crippen LogP contribution in [0.4, 0.5) is 4.39 Å². The predicted molar refractivity (Wildman–Crippen MR) is 58.1 cm³/mol. The second kappa shape index (κ2) is 6.14. The molecule has 2 N–H and O–H groups in total. The fourth-order valence-electron chi connectivity index (χ4n) is 1.17. The van der Waals surface area contributed by atoms with Crippen LogP contribution in [0.25, 0.3) is 0 Å². The van der Waals surface area contributed by atoms with E-state index in [0.717, 1.165) is 6.42 Å². The summed E-state index contributed by atoms with van der Waals surface area (Å²) >= 11 is 0. The second-order valence-corrected chi connectivity index (χ2v) is 3.18. The maximum atomic E-state index is 13.4. The van der Waals surface area contributed by atoms with Crippen molar-refractivity contribution in [1.82, 2.24) is 0 Å². The third kappa shape index (κ3) is 3.67. The average molecular weight is 210 g/mol. The second-order valence-electron chi connectivity index (χ2n) is 3.18. The van der Waals surface area contributed by atoms with Gasteiger partial charge in [-0.2, -0.15) is 5.10 Å². The van der Waals surface area contributed by atoms with Gasteiger partial charge in [0.15, 0.2) is 0 Å². The fourth-order valence-corrected chi connectivity index (χ4v) is 1.17. The van der Waals surface area contributed by atoms with Gasteiger partial charge in [-0.15, -0.1) is 0 Å². The SMILES string of the molecule is CCCOCc1ccc(C=NN)cc1F. The lowest BCUT2D eigenvalue weighted by Crippen LogP contribution is -1.98. The molecule has 0 fully saturated rings. The Morgan fingerprint density at radius 2 is 2.33 bits per heavy atom. The molecular formula is C11H15FN2O. The van der Waals surface area contributed by atoms with Crippen LogP contribution in [0.2, 0.25) is 0 Å². The van der Waals surface area contributed by atoms with Gasteiger partial charge in [0.05, 0.1) is 12.8 Å². The lowest BCUT2D eigenvalue weighted by Gasteiger charge is -2.04. The molecule has 0 radical (unpaired) electrons. The molecule has 0 bridgehead atoms. The van der Waals surface area contributed by atoms with Crippen LogP contribution in [0, 0.1) is 5.82 Å². The van der Waals surface area contributed by atoms with Gasteiger partial charge in [-0.05, 0) is 18.1 Å². The number of ether oxygens (including phenoxy) is 1. The van der Waals surface area contributed by atoms with Gasteiger partial charge >= 0.3 is 0 Å². The van der Waals surface area contributed by atoms with Gasteiger partial charge in [0.1, 0.15) is 5.82 Å². The van der Waals surface area contributed by atoms with E-state index in [1.165, 1.54) is 12.3 Å². The molecule has 0 unspecified atom stereocenters. The van der Waals surface area contributed by atoms with Gasteiger partial charge < -0.3 is 10.6 Å². The Morgan fingerprint density at radius 3 is 2.93 bits per heavy atom. The normalized spacial score (nSPS) is 11.1. The van der Waals surface area contributed by atoms with Crippen molar-refractivity contribution in [3.05, 3.63) is 35.1 Å². The van der Waals surface area contributed by atoms with Crippen LogP contribution in [-0.2, 0) is 11.3 Å². The Kier molecular flexibility index (Phi) is 4.77. The smallest absolute Gasteiger partial charge is 0.129 e. The first kappa shape index (κ1) is 11.7. The van der Waals surface area contributed by atoms with Crippen molar-refractivity contribution in [1.29, 1.82) is 0 Å². The molecule has 0 aromatic heterocycles. The van der Waals surface area contributed by atoms with Crippen molar-refractivity contribution < 1.29 is 9.13 Å². The van der Waals surface area contributed by atoms with E-state index in [4.69, 9.17) is 10.6 Å². The maximum absolute atomic E-state index is 13.4. The number of hydrogen-bond acceptors (Lipinski definition) is 3. The van der Waals surface area contributed by atoms with Gasteiger partial charge in [0.2, 0.25) is 0 Å². The molecule has 0 aliphatic carbocycles. The number of nitrogens with two attached hydrogens (primary N) is 1. The Bertz CT molecular complexity index is 339. The Balaban J connectivity index is 2.66. The molecule has 15 heavy (non-hydrogen) atoms. The largest absolute Gasteiger partial charge is 0.377 e. The number of hydrogen-bond donors (Lipinski definition) is 1. The first-order valence-electron chi connectivity index (χ1n) is 4.87. The number of rotatable bonds is 5. The Labute approximate surface area is 88.7 Å². The first-order valence-corrected chi connectivity index (χ1v) is 4.87. The topological polar surface area (TPSA) is 47.6 Å². The molecule has 1 rings (SSSR count). The molecule has 0 spiro atoms. The lowest BCUT2D eigenvalue weighted by molar-refractivity contribution is 0.119. The van der Waals surface area contributed by atoms with E-state index in [0.29, 0.717) is 24.3 Å². The van der Waals surface area contributed by atoms with Crippen LogP contribution in [0.15, 0.2) is 23.3 Å². The van der Waals surface area contributed by atoms with Gasteiger partial charge in [-0.1, -0.05) is 19.1 Å². The van der Waals surface area contributed by atoms with Crippen molar-refractivity contribution in [3.63, 3.8) is 0 Å². The summed E-state index contributed by atoms with van der Waals surface area (Å²) in [6.07, 6.45) is 2.33. The van der Waals surface area contributed by atoms with Crippen molar-refractivity contribution >= 4 is 6.21 Å². The molecule has 1 aromatic rings. The molecule has 0 saturated heterocycles. The third-order valence-corrected chi connectivity index (χ3v) is 1.91. The molecule has 82 valence electrons. The van der Waals surface area contributed by atoms with Gasteiger partial charge in [0, 0.05) is 12.2 Å². The summed E-state index contributed by atoms with van der Waals surface area (Å²) in [4.78, 5) is 0. The molecule has 0 aliphatic heterocycles. The van der Waals surface area contributed by atoms with Crippen LogP contribution in [0.3, 0.4) is 0 Å². The van der Waals surface area contributed by atoms with E-state index in [1.54, 1.807) is 12.1 Å². The van der Waals surface area contributed by atoms with E-state index in [2.05, 4.69) is 5.10 Å². The highest BCUT2D eigenvalue weighted by Crippen LogP contribution is 2.10. The number of hydrazone groups is 1. The highest BCUT2D eigenvalue weighted by atomic mass is 19.1. The van der Waals surface area contributed by atoms with Crippen molar-refractivity contribution in [2.24, 2.45) is 10.9 Å². The molecule has 1 aromatic carbocycles. The minimum absolute atomic E-state index is 0.288. The zero-order valence-corrected chi connectivity index (χ0v) is 8.74. The van der Waals surface area contributed by atoms with Crippen molar-refractivity contribution in [3.8, 4) is 0 Å². The summed E-state index contributed by atoms with van der Waals surface area (Å²) < 4.78 is 18.7. The Hall–Kier alpha value is -1.42. The van der Waals surface area contributed by atoms with Gasteiger partial charge in [-0.3, -0.25) is 0 Å². The molecule has 0 saturated carbocycles. The molecule has 3 nitrogen and oxygen atoms in total. The lowest BCUT2D eigenvalue weighted by atomic mass is 10.1. The highest BCUT2D eigenvalue weighted by molar-refractivity contribution is 5.79. The Morgan fingerprint density at radius 1 is 1.53 bits per heavy atom. The van der Waals surface area contributed by atoms with Gasteiger partial charge in [-0.25, -0.2) is 4.39 Å². The third-order valence-electron chi connectivity index (χ3n) is 1.91. The highest BCUT2D eigenvalue weighted by Gasteiger charge is 2.02. The minimum Gasteiger partial charge on any atom is -0.377 e. The van der Waals surface area contributed by atoms with Crippen LogP contribution in [-0.4, -0.2) is 12.8 Å². The molecular weight excluding hydrogens is 195 g/mol. The standard InChI is InChI=1S/C11H15FN2O/c1-2-5-15-8-10-4-3-9(7-14-13)6-11(10)12/h3-4,6-7H,2,5,8,13H2,1H3.